The van der Waals surface area contributed by atoms with Gasteiger partial charge in [-0.05, 0) is 37.1 Å². The zero-order valence-corrected chi connectivity index (χ0v) is 13.9. The van der Waals surface area contributed by atoms with Gasteiger partial charge in [0.2, 0.25) is 0 Å². The number of para-hydroxylation sites is 1. The monoisotopic (exact) mass is 333 g/mol. The Morgan fingerprint density at radius 1 is 1.17 bits per heavy atom. The summed E-state index contributed by atoms with van der Waals surface area (Å²) in [7, 11) is 1.70. The molecule has 0 aliphatic carbocycles. The van der Waals surface area contributed by atoms with Crippen molar-refractivity contribution in [3.8, 4) is 5.75 Å². The quantitative estimate of drug-likeness (QED) is 0.790. The molecule has 6 heteroatoms. The molecule has 2 rings (SSSR count). The van der Waals surface area contributed by atoms with Crippen LogP contribution in [0.3, 0.4) is 0 Å². The van der Waals surface area contributed by atoms with Crippen LogP contribution < -0.4 is 4.74 Å². The van der Waals surface area contributed by atoms with Crippen LogP contribution >= 0.6 is 11.3 Å². The van der Waals surface area contributed by atoms with E-state index >= 15 is 0 Å². The summed E-state index contributed by atoms with van der Waals surface area (Å²) in [5.41, 5.74) is 1.08. The number of carboxylic acid groups (broad SMARTS) is 1. The summed E-state index contributed by atoms with van der Waals surface area (Å²) in [6, 6.07) is 10.8. The largest absolute Gasteiger partial charge is 0.493 e. The highest BCUT2D eigenvalue weighted by Crippen LogP contribution is 2.18. The van der Waals surface area contributed by atoms with Gasteiger partial charge < -0.3 is 14.7 Å². The van der Waals surface area contributed by atoms with E-state index in [2.05, 4.69) is 0 Å². The van der Waals surface area contributed by atoms with Gasteiger partial charge in [0.25, 0.3) is 5.91 Å². The van der Waals surface area contributed by atoms with Gasteiger partial charge in [0.15, 0.2) is 0 Å². The Kier molecular flexibility index (Phi) is 5.76. The fourth-order valence-electron chi connectivity index (χ4n) is 2.06. The van der Waals surface area contributed by atoms with Crippen molar-refractivity contribution in [3.63, 3.8) is 0 Å². The second-order valence-corrected chi connectivity index (χ2v) is 6.25. The molecule has 1 amide bonds. The summed E-state index contributed by atoms with van der Waals surface area (Å²) < 4.78 is 5.70. The van der Waals surface area contributed by atoms with Crippen LogP contribution in [0.15, 0.2) is 36.4 Å². The number of amides is 1. The molecule has 0 atom stereocenters. The van der Waals surface area contributed by atoms with Crippen molar-refractivity contribution in [1.29, 1.82) is 0 Å². The van der Waals surface area contributed by atoms with Crippen LogP contribution in [0.5, 0.6) is 5.75 Å². The van der Waals surface area contributed by atoms with Crippen molar-refractivity contribution in [3.05, 3.63) is 51.7 Å². The number of carboxylic acids is 1. The first-order valence-electron chi connectivity index (χ1n) is 7.26. The molecule has 1 heterocycles. The standard InChI is InChI=1S/C17H19NO4S/c1-12-6-3-4-7-13(12)22-11-5-10-18(2)16(19)14-8-9-15(23-14)17(20)21/h3-4,6-9H,5,10-11H2,1-2H3,(H,20,21). The highest BCUT2D eigenvalue weighted by molar-refractivity contribution is 7.15. The first-order chi connectivity index (χ1) is 11.0. The van der Waals surface area contributed by atoms with Gasteiger partial charge in [0.05, 0.1) is 11.5 Å². The third kappa shape index (κ3) is 4.56. The Bertz CT molecular complexity index is 695. The van der Waals surface area contributed by atoms with Crippen molar-refractivity contribution in [1.82, 2.24) is 4.90 Å². The highest BCUT2D eigenvalue weighted by atomic mass is 32.1. The molecule has 0 radical (unpaired) electrons. The number of benzene rings is 1. The van der Waals surface area contributed by atoms with Crippen LogP contribution in [-0.2, 0) is 0 Å². The van der Waals surface area contributed by atoms with E-state index in [1.807, 2.05) is 31.2 Å². The van der Waals surface area contributed by atoms with E-state index in [4.69, 9.17) is 9.84 Å². The summed E-state index contributed by atoms with van der Waals surface area (Å²) in [4.78, 5) is 25.2. The van der Waals surface area contributed by atoms with Crippen molar-refractivity contribution >= 4 is 23.2 Å². The molecule has 2 aromatic rings. The lowest BCUT2D eigenvalue weighted by atomic mass is 10.2. The lowest BCUT2D eigenvalue weighted by Gasteiger charge is -2.16. The van der Waals surface area contributed by atoms with Crippen LogP contribution in [0.2, 0.25) is 0 Å². The van der Waals surface area contributed by atoms with E-state index in [9.17, 15) is 9.59 Å². The third-order valence-electron chi connectivity index (χ3n) is 3.36. The van der Waals surface area contributed by atoms with E-state index in [0.29, 0.717) is 24.4 Å². The molecule has 122 valence electrons. The number of nitrogens with zero attached hydrogens (tertiary/aromatic N) is 1. The molecular formula is C17H19NO4S. The minimum absolute atomic E-state index is 0.168. The van der Waals surface area contributed by atoms with Crippen molar-refractivity contribution in [2.75, 3.05) is 20.2 Å². The van der Waals surface area contributed by atoms with Gasteiger partial charge in [0.1, 0.15) is 10.6 Å². The molecular weight excluding hydrogens is 314 g/mol. The molecule has 1 aromatic carbocycles. The molecule has 1 aromatic heterocycles. The van der Waals surface area contributed by atoms with Gasteiger partial charge in [-0.2, -0.15) is 0 Å². The van der Waals surface area contributed by atoms with Gasteiger partial charge in [-0.25, -0.2) is 4.79 Å². The van der Waals surface area contributed by atoms with Crippen LogP contribution in [0.25, 0.3) is 0 Å². The maximum absolute atomic E-state index is 12.2. The molecule has 0 aliphatic rings. The molecule has 0 fully saturated rings. The van der Waals surface area contributed by atoms with E-state index in [-0.39, 0.29) is 10.8 Å². The zero-order valence-electron chi connectivity index (χ0n) is 13.1. The predicted molar refractivity (Wildman–Crippen MR) is 89.5 cm³/mol. The average Bonchev–Trinajstić information content (AvgIpc) is 3.02. The normalized spacial score (nSPS) is 10.3. The minimum atomic E-state index is -1.01. The number of ether oxygens (including phenoxy) is 1. The molecule has 0 saturated carbocycles. The van der Waals surface area contributed by atoms with Gasteiger partial charge >= 0.3 is 5.97 Å². The number of hydrogen-bond donors (Lipinski definition) is 1. The average molecular weight is 333 g/mol. The van der Waals surface area contributed by atoms with Crippen LogP contribution in [0.4, 0.5) is 0 Å². The molecule has 1 N–H and O–H groups in total. The Morgan fingerprint density at radius 2 is 1.87 bits per heavy atom. The van der Waals surface area contributed by atoms with Crippen LogP contribution in [0.1, 0.15) is 31.3 Å². The van der Waals surface area contributed by atoms with Gasteiger partial charge in [0, 0.05) is 13.6 Å². The Hall–Kier alpha value is -2.34. The van der Waals surface area contributed by atoms with Crippen LogP contribution in [0, 0.1) is 6.92 Å². The minimum Gasteiger partial charge on any atom is -0.493 e. The number of hydrogen-bond acceptors (Lipinski definition) is 4. The van der Waals surface area contributed by atoms with Gasteiger partial charge in [-0.1, -0.05) is 18.2 Å². The molecule has 0 aliphatic heterocycles. The van der Waals surface area contributed by atoms with Crippen LogP contribution in [-0.4, -0.2) is 42.1 Å². The van der Waals surface area contributed by atoms with Crippen molar-refractivity contribution in [2.45, 2.75) is 13.3 Å². The summed E-state index contributed by atoms with van der Waals surface area (Å²) in [6.45, 7) is 3.06. The number of rotatable bonds is 7. The predicted octanol–water partition coefficient (Wildman–Crippen LogP) is 3.30. The van der Waals surface area contributed by atoms with E-state index in [0.717, 1.165) is 22.6 Å². The summed E-state index contributed by atoms with van der Waals surface area (Å²) in [5, 5.41) is 8.89. The molecule has 0 unspecified atom stereocenters. The van der Waals surface area contributed by atoms with E-state index < -0.39 is 5.97 Å². The lowest BCUT2D eigenvalue weighted by molar-refractivity contribution is 0.0701. The highest BCUT2D eigenvalue weighted by Gasteiger charge is 2.16. The maximum Gasteiger partial charge on any atom is 0.345 e. The molecule has 0 spiro atoms. The molecule has 23 heavy (non-hydrogen) atoms. The maximum atomic E-state index is 12.2. The number of carbonyl (C=O) groups excluding carboxylic acids is 1. The Balaban J connectivity index is 1.80. The Labute approximate surface area is 139 Å². The zero-order chi connectivity index (χ0) is 16.8. The number of carbonyl (C=O) groups is 2. The van der Waals surface area contributed by atoms with Gasteiger partial charge in [-0.3, -0.25) is 4.79 Å². The first kappa shape index (κ1) is 17.0. The molecule has 0 bridgehead atoms. The van der Waals surface area contributed by atoms with Gasteiger partial charge in [-0.15, -0.1) is 11.3 Å². The second kappa shape index (κ2) is 7.78. The fourth-order valence-corrected chi connectivity index (χ4v) is 2.90. The molecule has 5 nitrogen and oxygen atoms in total. The molecule has 0 saturated heterocycles. The van der Waals surface area contributed by atoms with E-state index in [1.54, 1.807) is 18.0 Å². The Morgan fingerprint density at radius 3 is 2.52 bits per heavy atom. The number of aromatic carboxylic acids is 1. The summed E-state index contributed by atoms with van der Waals surface area (Å²) >= 11 is 0.993. The summed E-state index contributed by atoms with van der Waals surface area (Å²) in [5.74, 6) is -0.326. The topological polar surface area (TPSA) is 66.8 Å². The lowest BCUT2D eigenvalue weighted by Crippen LogP contribution is -2.28. The first-order valence-corrected chi connectivity index (χ1v) is 8.07. The number of aryl methyl sites for hydroxylation is 1. The fraction of sp³-hybridized carbons (Fsp3) is 0.294. The SMILES string of the molecule is Cc1ccccc1OCCCN(C)C(=O)c1ccc(C(=O)O)s1. The van der Waals surface area contributed by atoms with Crippen molar-refractivity contribution < 1.29 is 19.4 Å². The summed E-state index contributed by atoms with van der Waals surface area (Å²) in [6.07, 6.45) is 0.702. The van der Waals surface area contributed by atoms with Crippen molar-refractivity contribution in [2.24, 2.45) is 0 Å². The third-order valence-corrected chi connectivity index (χ3v) is 4.42. The van der Waals surface area contributed by atoms with E-state index in [1.165, 1.54) is 6.07 Å². The smallest absolute Gasteiger partial charge is 0.345 e. The number of thiophene rings is 1. The second-order valence-electron chi connectivity index (χ2n) is 5.16.